The number of carboxylic acid groups (broad SMARTS) is 1. The zero-order valence-electron chi connectivity index (χ0n) is 7.88. The third-order valence-corrected chi connectivity index (χ3v) is 1.65. The highest BCUT2D eigenvalue weighted by atomic mass is 16.5. The minimum atomic E-state index is -0.743. The molecule has 0 aromatic carbocycles. The topological polar surface area (TPSA) is 46.5 Å². The standard InChI is InChI=1S/C9H18O3/c1-3-5-8(9(10)11)7-12-6-4-2/h8H,3-7H2,1-2H3,(H,10,11). The van der Waals surface area contributed by atoms with Crippen LogP contribution >= 0.6 is 0 Å². The summed E-state index contributed by atoms with van der Waals surface area (Å²) in [4.78, 5) is 10.6. The first kappa shape index (κ1) is 11.4. The maximum atomic E-state index is 10.6. The summed E-state index contributed by atoms with van der Waals surface area (Å²) >= 11 is 0. The molecule has 0 radical (unpaired) electrons. The molecule has 12 heavy (non-hydrogen) atoms. The Morgan fingerprint density at radius 3 is 2.50 bits per heavy atom. The SMILES string of the molecule is CCCOCC(CCC)C(=O)O. The lowest BCUT2D eigenvalue weighted by Gasteiger charge is -2.10. The van der Waals surface area contributed by atoms with E-state index in [4.69, 9.17) is 9.84 Å². The fourth-order valence-electron chi connectivity index (χ4n) is 0.996. The molecule has 3 heteroatoms. The molecule has 0 aromatic heterocycles. The van der Waals surface area contributed by atoms with Crippen molar-refractivity contribution in [3.63, 3.8) is 0 Å². The van der Waals surface area contributed by atoms with E-state index in [0.717, 1.165) is 12.8 Å². The molecule has 72 valence electrons. The van der Waals surface area contributed by atoms with Gasteiger partial charge in [0.15, 0.2) is 0 Å². The maximum absolute atomic E-state index is 10.6. The van der Waals surface area contributed by atoms with Crippen LogP contribution in [0, 0.1) is 5.92 Å². The van der Waals surface area contributed by atoms with Crippen molar-refractivity contribution in [1.29, 1.82) is 0 Å². The van der Waals surface area contributed by atoms with Crippen LogP contribution in [-0.4, -0.2) is 24.3 Å². The zero-order valence-corrected chi connectivity index (χ0v) is 7.88. The third kappa shape index (κ3) is 5.13. The number of hydrogen-bond donors (Lipinski definition) is 1. The van der Waals surface area contributed by atoms with E-state index in [1.165, 1.54) is 0 Å². The summed E-state index contributed by atoms with van der Waals surface area (Å²) in [6.45, 7) is 5.01. The van der Waals surface area contributed by atoms with Gasteiger partial charge >= 0.3 is 5.97 Å². The number of carbonyl (C=O) groups is 1. The van der Waals surface area contributed by atoms with Crippen LogP contribution in [0.15, 0.2) is 0 Å². The first-order valence-corrected chi connectivity index (χ1v) is 4.52. The lowest BCUT2D eigenvalue weighted by molar-refractivity contribution is -0.144. The average molecular weight is 174 g/mol. The van der Waals surface area contributed by atoms with Gasteiger partial charge in [0.25, 0.3) is 0 Å². The van der Waals surface area contributed by atoms with Crippen LogP contribution in [0.25, 0.3) is 0 Å². The minimum Gasteiger partial charge on any atom is -0.481 e. The van der Waals surface area contributed by atoms with E-state index in [-0.39, 0.29) is 5.92 Å². The molecular formula is C9H18O3. The largest absolute Gasteiger partial charge is 0.481 e. The third-order valence-electron chi connectivity index (χ3n) is 1.65. The first-order chi connectivity index (χ1) is 5.72. The second-order valence-electron chi connectivity index (χ2n) is 2.90. The summed E-state index contributed by atoms with van der Waals surface area (Å²) in [6, 6.07) is 0. The highest BCUT2D eigenvalue weighted by Crippen LogP contribution is 2.06. The Kier molecular flexibility index (Phi) is 6.76. The predicted molar refractivity (Wildman–Crippen MR) is 47.1 cm³/mol. The normalized spacial score (nSPS) is 12.8. The van der Waals surface area contributed by atoms with Gasteiger partial charge in [0.2, 0.25) is 0 Å². The molecule has 0 rings (SSSR count). The maximum Gasteiger partial charge on any atom is 0.308 e. The van der Waals surface area contributed by atoms with Crippen molar-refractivity contribution in [3.05, 3.63) is 0 Å². The molecule has 0 aromatic rings. The highest BCUT2D eigenvalue weighted by Gasteiger charge is 2.15. The van der Waals surface area contributed by atoms with Crippen LogP contribution in [0.5, 0.6) is 0 Å². The van der Waals surface area contributed by atoms with E-state index in [2.05, 4.69) is 0 Å². The number of hydrogen-bond acceptors (Lipinski definition) is 2. The summed E-state index contributed by atoms with van der Waals surface area (Å²) in [5, 5.41) is 8.72. The van der Waals surface area contributed by atoms with Gasteiger partial charge in [0, 0.05) is 6.61 Å². The Morgan fingerprint density at radius 2 is 2.08 bits per heavy atom. The van der Waals surface area contributed by atoms with Crippen molar-refractivity contribution in [2.45, 2.75) is 33.1 Å². The van der Waals surface area contributed by atoms with Gasteiger partial charge in [-0.3, -0.25) is 4.79 Å². The van der Waals surface area contributed by atoms with Crippen molar-refractivity contribution in [2.75, 3.05) is 13.2 Å². The van der Waals surface area contributed by atoms with Crippen LogP contribution in [0.2, 0.25) is 0 Å². The van der Waals surface area contributed by atoms with E-state index < -0.39 is 5.97 Å². The van der Waals surface area contributed by atoms with Gasteiger partial charge < -0.3 is 9.84 Å². The molecule has 0 spiro atoms. The number of ether oxygens (including phenoxy) is 1. The van der Waals surface area contributed by atoms with Crippen molar-refractivity contribution < 1.29 is 14.6 Å². The van der Waals surface area contributed by atoms with Crippen LogP contribution in [-0.2, 0) is 9.53 Å². The first-order valence-electron chi connectivity index (χ1n) is 4.52. The molecule has 1 atom stereocenters. The van der Waals surface area contributed by atoms with E-state index >= 15 is 0 Å². The summed E-state index contributed by atoms with van der Waals surface area (Å²) in [6.07, 6.45) is 2.55. The van der Waals surface area contributed by atoms with Crippen LogP contribution < -0.4 is 0 Å². The van der Waals surface area contributed by atoms with Crippen molar-refractivity contribution in [2.24, 2.45) is 5.92 Å². The number of aliphatic carboxylic acids is 1. The molecule has 0 aliphatic carbocycles. The van der Waals surface area contributed by atoms with Gasteiger partial charge in [0.05, 0.1) is 12.5 Å². The Balaban J connectivity index is 3.56. The highest BCUT2D eigenvalue weighted by molar-refractivity contribution is 5.70. The Morgan fingerprint density at radius 1 is 1.42 bits per heavy atom. The molecule has 3 nitrogen and oxygen atoms in total. The minimum absolute atomic E-state index is 0.318. The number of carboxylic acids is 1. The lowest BCUT2D eigenvalue weighted by atomic mass is 10.1. The Bertz CT molecular complexity index is 123. The Hall–Kier alpha value is -0.570. The molecule has 0 saturated heterocycles. The zero-order chi connectivity index (χ0) is 9.40. The van der Waals surface area contributed by atoms with Crippen molar-refractivity contribution in [1.82, 2.24) is 0 Å². The smallest absolute Gasteiger partial charge is 0.308 e. The predicted octanol–water partition coefficient (Wildman–Crippen LogP) is 1.91. The van der Waals surface area contributed by atoms with E-state index in [1.807, 2.05) is 13.8 Å². The summed E-state index contributed by atoms with van der Waals surface area (Å²) < 4.78 is 5.18. The molecule has 0 aliphatic heterocycles. The van der Waals surface area contributed by atoms with Crippen LogP contribution in [0.3, 0.4) is 0 Å². The van der Waals surface area contributed by atoms with Gasteiger partial charge in [-0.1, -0.05) is 20.3 Å². The van der Waals surface area contributed by atoms with Crippen LogP contribution in [0.4, 0.5) is 0 Å². The van der Waals surface area contributed by atoms with Crippen molar-refractivity contribution in [3.8, 4) is 0 Å². The molecule has 0 saturated carbocycles. The van der Waals surface area contributed by atoms with E-state index in [0.29, 0.717) is 19.6 Å². The van der Waals surface area contributed by atoms with Gasteiger partial charge in [-0.05, 0) is 12.8 Å². The van der Waals surface area contributed by atoms with Gasteiger partial charge in [-0.2, -0.15) is 0 Å². The molecule has 0 fully saturated rings. The monoisotopic (exact) mass is 174 g/mol. The molecule has 0 heterocycles. The molecular weight excluding hydrogens is 156 g/mol. The van der Waals surface area contributed by atoms with Crippen molar-refractivity contribution >= 4 is 5.97 Å². The van der Waals surface area contributed by atoms with Crippen LogP contribution in [0.1, 0.15) is 33.1 Å². The van der Waals surface area contributed by atoms with E-state index in [9.17, 15) is 4.79 Å². The second-order valence-corrected chi connectivity index (χ2v) is 2.90. The molecule has 1 unspecified atom stereocenters. The summed E-state index contributed by atoms with van der Waals surface area (Å²) in [5.41, 5.74) is 0. The van der Waals surface area contributed by atoms with Gasteiger partial charge in [-0.15, -0.1) is 0 Å². The molecule has 0 bridgehead atoms. The van der Waals surface area contributed by atoms with Gasteiger partial charge in [0.1, 0.15) is 0 Å². The Labute approximate surface area is 73.7 Å². The fourth-order valence-corrected chi connectivity index (χ4v) is 0.996. The average Bonchev–Trinajstić information content (AvgIpc) is 2.03. The fraction of sp³-hybridized carbons (Fsp3) is 0.889. The van der Waals surface area contributed by atoms with Gasteiger partial charge in [-0.25, -0.2) is 0 Å². The molecule has 1 N–H and O–H groups in total. The van der Waals surface area contributed by atoms with E-state index in [1.54, 1.807) is 0 Å². The quantitative estimate of drug-likeness (QED) is 0.600. The summed E-state index contributed by atoms with van der Waals surface area (Å²) in [7, 11) is 0. The second kappa shape index (κ2) is 7.10. The lowest BCUT2D eigenvalue weighted by Crippen LogP contribution is -2.19. The molecule has 0 amide bonds. The number of rotatable bonds is 7. The molecule has 0 aliphatic rings. The summed E-state index contributed by atoms with van der Waals surface area (Å²) in [5.74, 6) is -1.06.